The van der Waals surface area contributed by atoms with Gasteiger partial charge in [-0.05, 0) is 46.7 Å². The molecular formula is C40H25N3. The lowest BCUT2D eigenvalue weighted by molar-refractivity contribution is 1.29. The van der Waals surface area contributed by atoms with E-state index in [1.54, 1.807) is 0 Å². The van der Waals surface area contributed by atoms with E-state index in [1.165, 1.54) is 38.7 Å². The van der Waals surface area contributed by atoms with Gasteiger partial charge in [0.25, 0.3) is 0 Å². The van der Waals surface area contributed by atoms with Gasteiger partial charge in [-0.25, -0.2) is 9.97 Å². The van der Waals surface area contributed by atoms with Gasteiger partial charge in [0.15, 0.2) is 0 Å². The van der Waals surface area contributed by atoms with Crippen LogP contribution in [0.1, 0.15) is 0 Å². The Bertz CT molecular complexity index is 2350. The number of anilines is 3. The second kappa shape index (κ2) is 9.37. The largest absolute Gasteiger partial charge is 0.309 e. The highest BCUT2D eigenvalue weighted by molar-refractivity contribution is 6.16. The Hall–Kier alpha value is -5.80. The van der Waals surface area contributed by atoms with Crippen molar-refractivity contribution in [3.8, 4) is 33.6 Å². The second-order valence-electron chi connectivity index (χ2n) is 11.0. The molecule has 0 fully saturated rings. The van der Waals surface area contributed by atoms with Crippen LogP contribution in [0.5, 0.6) is 0 Å². The SMILES string of the molecule is c1ccc(-c2nc3ccccc3nc2-c2cccc3c(N4c5ccccc5-c5cccc6cccc4c56)cccc23)cc1. The van der Waals surface area contributed by atoms with Crippen molar-refractivity contribution in [3.05, 3.63) is 152 Å². The summed E-state index contributed by atoms with van der Waals surface area (Å²) in [6, 6.07) is 53.6. The highest BCUT2D eigenvalue weighted by Crippen LogP contribution is 2.52. The summed E-state index contributed by atoms with van der Waals surface area (Å²) in [5, 5.41) is 4.84. The third kappa shape index (κ3) is 3.62. The standard InChI is InChI=1S/C40H25N3/c1-2-12-27(13-3-1)39-40(42-34-22-6-5-21-33(34)41-39)32-20-10-18-29-28(32)17-11-24-36(29)43-35-23-7-4-16-30(35)31-19-8-14-26-15-9-25-37(43)38(26)31/h1-25H. The normalized spacial score (nSPS) is 12.1. The fraction of sp³-hybridized carbons (Fsp3) is 0. The number of benzene rings is 7. The first kappa shape index (κ1) is 23.9. The molecule has 1 aliphatic heterocycles. The molecule has 3 nitrogen and oxygen atoms in total. The summed E-state index contributed by atoms with van der Waals surface area (Å²) < 4.78 is 0. The Balaban J connectivity index is 1.34. The monoisotopic (exact) mass is 547 g/mol. The molecule has 0 amide bonds. The van der Waals surface area contributed by atoms with Gasteiger partial charge in [0, 0.05) is 27.5 Å². The molecule has 7 aromatic carbocycles. The molecule has 0 radical (unpaired) electrons. The zero-order valence-corrected chi connectivity index (χ0v) is 23.3. The van der Waals surface area contributed by atoms with Gasteiger partial charge in [0.2, 0.25) is 0 Å². The van der Waals surface area contributed by atoms with Gasteiger partial charge < -0.3 is 4.90 Å². The minimum absolute atomic E-state index is 0.888. The molecule has 200 valence electrons. The fourth-order valence-corrected chi connectivity index (χ4v) is 6.70. The quantitative estimate of drug-likeness (QED) is 0.220. The number of hydrogen-bond donors (Lipinski definition) is 0. The minimum Gasteiger partial charge on any atom is -0.309 e. The Morgan fingerprint density at radius 3 is 1.81 bits per heavy atom. The molecule has 0 saturated carbocycles. The Morgan fingerprint density at radius 1 is 0.372 bits per heavy atom. The summed E-state index contributed by atoms with van der Waals surface area (Å²) in [4.78, 5) is 12.8. The van der Waals surface area contributed by atoms with Crippen LogP contribution in [0.3, 0.4) is 0 Å². The van der Waals surface area contributed by atoms with Gasteiger partial charge in [-0.3, -0.25) is 0 Å². The predicted octanol–water partition coefficient (Wildman–Crippen LogP) is 10.7. The molecule has 0 aliphatic carbocycles. The van der Waals surface area contributed by atoms with E-state index in [-0.39, 0.29) is 0 Å². The van der Waals surface area contributed by atoms with Crippen LogP contribution >= 0.6 is 0 Å². The smallest absolute Gasteiger partial charge is 0.0979 e. The zero-order valence-electron chi connectivity index (χ0n) is 23.3. The average Bonchev–Trinajstić information content (AvgIpc) is 3.08. The maximum atomic E-state index is 5.24. The summed E-state index contributed by atoms with van der Waals surface area (Å²) in [7, 11) is 0. The van der Waals surface area contributed by atoms with E-state index in [4.69, 9.17) is 9.97 Å². The number of nitrogens with zero attached hydrogens (tertiary/aromatic N) is 3. The van der Waals surface area contributed by atoms with Crippen LogP contribution in [0.2, 0.25) is 0 Å². The Labute approximate surface area is 249 Å². The molecular weight excluding hydrogens is 522 g/mol. The van der Waals surface area contributed by atoms with Crippen LogP contribution in [-0.2, 0) is 0 Å². The lowest BCUT2D eigenvalue weighted by Gasteiger charge is -2.34. The fourth-order valence-electron chi connectivity index (χ4n) is 6.70. The molecule has 8 aromatic rings. The minimum atomic E-state index is 0.888. The van der Waals surface area contributed by atoms with E-state index in [9.17, 15) is 0 Å². The first-order valence-electron chi connectivity index (χ1n) is 14.6. The van der Waals surface area contributed by atoms with Crippen molar-refractivity contribution in [1.29, 1.82) is 0 Å². The lowest BCUT2D eigenvalue weighted by Crippen LogP contribution is -2.15. The summed E-state index contributed by atoms with van der Waals surface area (Å²) in [5.74, 6) is 0. The van der Waals surface area contributed by atoms with Gasteiger partial charge in [-0.1, -0.05) is 121 Å². The van der Waals surface area contributed by atoms with E-state index < -0.39 is 0 Å². The van der Waals surface area contributed by atoms with Crippen LogP contribution in [0.15, 0.2) is 152 Å². The number of hydrogen-bond acceptors (Lipinski definition) is 3. The van der Waals surface area contributed by atoms with Gasteiger partial charge in [-0.2, -0.15) is 0 Å². The van der Waals surface area contributed by atoms with Gasteiger partial charge in [0.1, 0.15) is 0 Å². The van der Waals surface area contributed by atoms with Crippen LogP contribution in [-0.4, -0.2) is 9.97 Å². The topological polar surface area (TPSA) is 29.0 Å². The van der Waals surface area contributed by atoms with Crippen molar-refractivity contribution in [2.24, 2.45) is 0 Å². The van der Waals surface area contributed by atoms with Crippen molar-refractivity contribution < 1.29 is 0 Å². The van der Waals surface area contributed by atoms with Crippen LogP contribution < -0.4 is 4.90 Å². The van der Waals surface area contributed by atoms with Crippen LogP contribution in [0.4, 0.5) is 17.1 Å². The van der Waals surface area contributed by atoms with Crippen molar-refractivity contribution in [2.45, 2.75) is 0 Å². The first-order valence-corrected chi connectivity index (χ1v) is 14.6. The molecule has 0 bridgehead atoms. The molecule has 0 spiro atoms. The van der Waals surface area contributed by atoms with Gasteiger partial charge >= 0.3 is 0 Å². The van der Waals surface area contributed by atoms with Crippen molar-refractivity contribution in [2.75, 3.05) is 4.90 Å². The number of rotatable bonds is 3. The van der Waals surface area contributed by atoms with Crippen LogP contribution in [0.25, 0.3) is 66.2 Å². The molecule has 0 saturated heterocycles. The zero-order chi connectivity index (χ0) is 28.3. The molecule has 9 rings (SSSR count). The molecule has 2 heterocycles. The third-order valence-corrected chi connectivity index (χ3v) is 8.57. The summed E-state index contributed by atoms with van der Waals surface area (Å²) in [6.45, 7) is 0. The predicted molar refractivity (Wildman–Crippen MR) is 179 cm³/mol. The summed E-state index contributed by atoms with van der Waals surface area (Å²) in [6.07, 6.45) is 0. The van der Waals surface area contributed by atoms with E-state index >= 15 is 0 Å². The Morgan fingerprint density at radius 2 is 0.953 bits per heavy atom. The Kier molecular flexibility index (Phi) is 5.20. The lowest BCUT2D eigenvalue weighted by atomic mass is 9.90. The number of para-hydroxylation sites is 3. The molecule has 3 heteroatoms. The molecule has 0 N–H and O–H groups in total. The molecule has 0 unspecified atom stereocenters. The van der Waals surface area contributed by atoms with Crippen LogP contribution in [0, 0.1) is 0 Å². The van der Waals surface area contributed by atoms with E-state index in [0.717, 1.165) is 44.6 Å². The van der Waals surface area contributed by atoms with Crippen molar-refractivity contribution in [1.82, 2.24) is 9.97 Å². The molecule has 1 aliphatic rings. The van der Waals surface area contributed by atoms with E-state index in [1.807, 2.05) is 30.3 Å². The second-order valence-corrected chi connectivity index (χ2v) is 11.0. The van der Waals surface area contributed by atoms with Gasteiger partial charge in [0.05, 0.1) is 39.5 Å². The molecule has 0 atom stereocenters. The van der Waals surface area contributed by atoms with E-state index in [2.05, 4.69) is 126 Å². The highest BCUT2D eigenvalue weighted by atomic mass is 15.2. The maximum Gasteiger partial charge on any atom is 0.0979 e. The average molecular weight is 548 g/mol. The first-order chi connectivity index (χ1) is 21.3. The number of fused-ring (bicyclic) bond motifs is 4. The van der Waals surface area contributed by atoms with Gasteiger partial charge in [-0.15, -0.1) is 0 Å². The maximum absolute atomic E-state index is 5.24. The van der Waals surface area contributed by atoms with E-state index in [0.29, 0.717) is 0 Å². The van der Waals surface area contributed by atoms with Crippen molar-refractivity contribution in [3.63, 3.8) is 0 Å². The summed E-state index contributed by atoms with van der Waals surface area (Å²) >= 11 is 0. The third-order valence-electron chi connectivity index (χ3n) is 8.57. The molecule has 43 heavy (non-hydrogen) atoms. The molecule has 1 aromatic heterocycles. The highest BCUT2D eigenvalue weighted by Gasteiger charge is 2.27. The number of aromatic nitrogens is 2. The summed E-state index contributed by atoms with van der Waals surface area (Å²) in [5.41, 5.74) is 11.7. The van der Waals surface area contributed by atoms with Crippen molar-refractivity contribution >= 4 is 49.6 Å².